The van der Waals surface area contributed by atoms with Crippen LogP contribution in [0.2, 0.25) is 0 Å². The van der Waals surface area contributed by atoms with Crippen LogP contribution in [-0.2, 0) is 4.79 Å². The van der Waals surface area contributed by atoms with Crippen LogP contribution in [0.25, 0.3) is 0 Å². The molecule has 0 saturated carbocycles. The van der Waals surface area contributed by atoms with Gasteiger partial charge < -0.3 is 15.4 Å². The number of hydrogen-bond donors (Lipinski definition) is 1. The zero-order valence-electron chi connectivity index (χ0n) is 11.1. The van der Waals surface area contributed by atoms with Gasteiger partial charge in [0.25, 0.3) is 5.91 Å². The largest absolute Gasteiger partial charge is 0.480 e. The number of likely N-dealkylation sites (tertiary alicyclic amines) is 1. The van der Waals surface area contributed by atoms with Crippen LogP contribution in [0.5, 0.6) is 5.75 Å². The van der Waals surface area contributed by atoms with Crippen molar-refractivity contribution in [2.75, 3.05) is 13.6 Å². The number of carbonyl (C=O) groups excluding carboxylic acids is 1. The summed E-state index contributed by atoms with van der Waals surface area (Å²) in [5, 5.41) is 0. The van der Waals surface area contributed by atoms with E-state index in [-0.39, 0.29) is 18.1 Å². The molecule has 1 aromatic rings. The molecule has 1 aliphatic heterocycles. The lowest BCUT2D eigenvalue weighted by Gasteiger charge is -2.16. The molecule has 2 atom stereocenters. The first-order chi connectivity index (χ1) is 8.49. The third kappa shape index (κ3) is 2.48. The van der Waals surface area contributed by atoms with E-state index in [9.17, 15) is 4.79 Å². The predicted molar refractivity (Wildman–Crippen MR) is 70.5 cm³/mol. The number of aryl methyl sites for hydroxylation is 1. The topological polar surface area (TPSA) is 55.6 Å². The monoisotopic (exact) mass is 248 g/mol. The Kier molecular flexibility index (Phi) is 3.57. The lowest BCUT2D eigenvalue weighted by atomic mass is 10.1. The molecule has 0 spiro atoms. The Morgan fingerprint density at radius 1 is 1.50 bits per heavy atom. The number of ether oxygens (including phenoxy) is 1. The fraction of sp³-hybridized carbons (Fsp3) is 0.500. The van der Waals surface area contributed by atoms with Gasteiger partial charge in [-0.25, -0.2) is 0 Å². The minimum Gasteiger partial charge on any atom is -0.480 e. The average molecular weight is 248 g/mol. The molecule has 4 nitrogen and oxygen atoms in total. The van der Waals surface area contributed by atoms with E-state index in [1.165, 1.54) is 0 Å². The van der Waals surface area contributed by atoms with Gasteiger partial charge in [-0.3, -0.25) is 4.79 Å². The number of benzene rings is 1. The lowest BCUT2D eigenvalue weighted by Crippen LogP contribution is -2.29. The van der Waals surface area contributed by atoms with E-state index >= 15 is 0 Å². The maximum absolute atomic E-state index is 11.8. The van der Waals surface area contributed by atoms with Gasteiger partial charge in [-0.2, -0.15) is 0 Å². The summed E-state index contributed by atoms with van der Waals surface area (Å²) < 4.78 is 5.79. The number of nitrogens with zero attached hydrogens (tertiary/aromatic N) is 1. The molecule has 1 unspecified atom stereocenters. The molecule has 4 heteroatoms. The summed E-state index contributed by atoms with van der Waals surface area (Å²) in [6.07, 6.45) is 0.416. The second kappa shape index (κ2) is 4.98. The van der Waals surface area contributed by atoms with Crippen LogP contribution in [0, 0.1) is 6.92 Å². The molecule has 1 saturated heterocycles. The Morgan fingerprint density at radius 3 is 2.72 bits per heavy atom. The van der Waals surface area contributed by atoms with Crippen LogP contribution in [0.15, 0.2) is 18.2 Å². The first kappa shape index (κ1) is 12.9. The second-order valence-electron chi connectivity index (χ2n) is 4.97. The average Bonchev–Trinajstić information content (AvgIpc) is 2.63. The van der Waals surface area contributed by atoms with Gasteiger partial charge >= 0.3 is 0 Å². The molecular weight excluding hydrogens is 228 g/mol. The highest BCUT2D eigenvalue weighted by Crippen LogP contribution is 2.25. The number of nitrogens with two attached hydrogens (primary N) is 1. The van der Waals surface area contributed by atoms with E-state index in [4.69, 9.17) is 10.5 Å². The van der Waals surface area contributed by atoms with Gasteiger partial charge in [-0.05, 0) is 31.0 Å². The summed E-state index contributed by atoms with van der Waals surface area (Å²) in [4.78, 5) is 13.5. The smallest absolute Gasteiger partial charge is 0.263 e. The number of likely N-dealkylation sites (N-methyl/N-ethyl adjacent to an activating group) is 1. The second-order valence-corrected chi connectivity index (χ2v) is 4.97. The Balaban J connectivity index is 2.13. The molecule has 1 heterocycles. The summed E-state index contributed by atoms with van der Waals surface area (Å²) in [5.74, 6) is 0.832. The highest BCUT2D eigenvalue weighted by atomic mass is 16.5. The Morgan fingerprint density at radius 2 is 2.22 bits per heavy atom. The SMILES string of the molecule is Cc1cc([C@H](C)N)ccc1OC1CCN(C)C1=O. The number of amides is 1. The van der Waals surface area contributed by atoms with Crippen LogP contribution in [0.1, 0.15) is 30.5 Å². The van der Waals surface area contributed by atoms with Gasteiger partial charge in [0, 0.05) is 26.1 Å². The van der Waals surface area contributed by atoms with Crippen molar-refractivity contribution in [3.05, 3.63) is 29.3 Å². The maximum Gasteiger partial charge on any atom is 0.263 e. The number of hydrogen-bond acceptors (Lipinski definition) is 3. The lowest BCUT2D eigenvalue weighted by molar-refractivity contribution is -0.132. The zero-order valence-corrected chi connectivity index (χ0v) is 11.1. The summed E-state index contributed by atoms with van der Waals surface area (Å²) >= 11 is 0. The third-order valence-electron chi connectivity index (χ3n) is 3.37. The van der Waals surface area contributed by atoms with Crippen LogP contribution in [0.4, 0.5) is 0 Å². The highest BCUT2D eigenvalue weighted by molar-refractivity contribution is 5.83. The number of rotatable bonds is 3. The van der Waals surface area contributed by atoms with Gasteiger partial charge in [-0.1, -0.05) is 12.1 Å². The van der Waals surface area contributed by atoms with Crippen LogP contribution < -0.4 is 10.5 Å². The van der Waals surface area contributed by atoms with Crippen LogP contribution >= 0.6 is 0 Å². The third-order valence-corrected chi connectivity index (χ3v) is 3.37. The van der Waals surface area contributed by atoms with Crippen LogP contribution in [-0.4, -0.2) is 30.5 Å². The molecule has 1 fully saturated rings. The summed E-state index contributed by atoms with van der Waals surface area (Å²) in [5.41, 5.74) is 7.93. The molecule has 2 N–H and O–H groups in total. The van der Waals surface area contributed by atoms with Crippen molar-refractivity contribution in [1.29, 1.82) is 0 Å². The Hall–Kier alpha value is -1.55. The standard InChI is InChI=1S/C14H20N2O2/c1-9-8-11(10(2)15)4-5-12(9)18-13-6-7-16(3)14(13)17/h4-5,8,10,13H,6-7,15H2,1-3H3/t10-,13?/m0/s1. The van der Waals surface area contributed by atoms with Crippen molar-refractivity contribution in [3.63, 3.8) is 0 Å². The molecule has 1 aliphatic rings. The molecule has 1 amide bonds. The molecular formula is C14H20N2O2. The van der Waals surface area contributed by atoms with Crippen molar-refractivity contribution < 1.29 is 9.53 Å². The molecule has 0 bridgehead atoms. The van der Waals surface area contributed by atoms with Gasteiger partial charge in [0.05, 0.1) is 0 Å². The van der Waals surface area contributed by atoms with E-state index in [1.54, 1.807) is 11.9 Å². The first-order valence-electron chi connectivity index (χ1n) is 6.27. The summed E-state index contributed by atoms with van der Waals surface area (Å²) in [6, 6.07) is 5.89. The van der Waals surface area contributed by atoms with Gasteiger partial charge in [-0.15, -0.1) is 0 Å². The normalized spacial score (nSPS) is 21.2. The Bertz CT molecular complexity index is 457. The van der Waals surface area contributed by atoms with Gasteiger partial charge in [0.1, 0.15) is 5.75 Å². The minimum atomic E-state index is -0.338. The van der Waals surface area contributed by atoms with Crippen molar-refractivity contribution >= 4 is 5.91 Å². The zero-order chi connectivity index (χ0) is 13.3. The van der Waals surface area contributed by atoms with Crippen molar-refractivity contribution in [3.8, 4) is 5.75 Å². The molecule has 18 heavy (non-hydrogen) atoms. The van der Waals surface area contributed by atoms with E-state index in [0.29, 0.717) is 0 Å². The summed E-state index contributed by atoms with van der Waals surface area (Å²) in [6.45, 7) is 4.69. The Labute approximate surface area is 108 Å². The molecule has 2 rings (SSSR count). The van der Waals surface area contributed by atoms with Gasteiger partial charge in [0.2, 0.25) is 0 Å². The van der Waals surface area contributed by atoms with E-state index in [0.717, 1.165) is 29.8 Å². The number of carbonyl (C=O) groups is 1. The predicted octanol–water partition coefficient (Wildman–Crippen LogP) is 1.62. The molecule has 0 radical (unpaired) electrons. The van der Waals surface area contributed by atoms with E-state index in [1.807, 2.05) is 32.0 Å². The molecule has 0 aliphatic carbocycles. The molecule has 1 aromatic carbocycles. The maximum atomic E-state index is 11.8. The van der Waals surface area contributed by atoms with Crippen molar-refractivity contribution in [2.24, 2.45) is 5.73 Å². The quantitative estimate of drug-likeness (QED) is 0.884. The molecule has 0 aromatic heterocycles. The van der Waals surface area contributed by atoms with Crippen LogP contribution in [0.3, 0.4) is 0 Å². The van der Waals surface area contributed by atoms with Crippen molar-refractivity contribution in [1.82, 2.24) is 4.90 Å². The fourth-order valence-electron chi connectivity index (χ4n) is 2.14. The van der Waals surface area contributed by atoms with Gasteiger partial charge in [0.15, 0.2) is 6.10 Å². The molecule has 98 valence electrons. The fourth-order valence-corrected chi connectivity index (χ4v) is 2.14. The first-order valence-corrected chi connectivity index (χ1v) is 6.27. The van der Waals surface area contributed by atoms with E-state index in [2.05, 4.69) is 0 Å². The van der Waals surface area contributed by atoms with E-state index < -0.39 is 0 Å². The van der Waals surface area contributed by atoms with Crippen molar-refractivity contribution in [2.45, 2.75) is 32.4 Å². The highest BCUT2D eigenvalue weighted by Gasteiger charge is 2.31. The minimum absolute atomic E-state index is 0.0111. The summed E-state index contributed by atoms with van der Waals surface area (Å²) in [7, 11) is 1.80.